The van der Waals surface area contributed by atoms with Crippen molar-refractivity contribution in [2.75, 3.05) is 13.1 Å². The lowest BCUT2D eigenvalue weighted by atomic mass is 10.1. The third-order valence-electron chi connectivity index (χ3n) is 3.56. The molecule has 1 N–H and O–H groups in total. The van der Waals surface area contributed by atoms with E-state index in [1.165, 1.54) is 17.5 Å². The predicted molar refractivity (Wildman–Crippen MR) is 85.4 cm³/mol. The molecule has 0 aliphatic rings. The molecule has 0 saturated heterocycles. The first-order valence-electron chi connectivity index (χ1n) is 7.63. The topological polar surface area (TPSA) is 50.7 Å². The standard InChI is InChI=1S/C17H24N4/c1-4-8-18-11-7-16-13(2)20-17(21-14(16)3)12-15-5-9-19-10-6-15/h5-6,9-10,18H,4,7-8,11-12H2,1-3H3. The van der Waals surface area contributed by atoms with Crippen LogP contribution in [0, 0.1) is 13.8 Å². The molecule has 0 saturated carbocycles. The summed E-state index contributed by atoms with van der Waals surface area (Å²) in [5.74, 6) is 0.890. The monoisotopic (exact) mass is 284 g/mol. The highest BCUT2D eigenvalue weighted by atomic mass is 14.9. The lowest BCUT2D eigenvalue weighted by Crippen LogP contribution is -2.19. The Bertz CT molecular complexity index is 543. The Morgan fingerprint density at radius 3 is 2.29 bits per heavy atom. The second kappa shape index (κ2) is 7.84. The van der Waals surface area contributed by atoms with Crippen LogP contribution in [0.15, 0.2) is 24.5 Å². The second-order valence-corrected chi connectivity index (χ2v) is 5.32. The second-order valence-electron chi connectivity index (χ2n) is 5.32. The summed E-state index contributed by atoms with van der Waals surface area (Å²) in [4.78, 5) is 13.4. The number of aromatic nitrogens is 3. The SMILES string of the molecule is CCCNCCc1c(C)nc(Cc2ccncc2)nc1C. The van der Waals surface area contributed by atoms with Crippen LogP contribution in [0.5, 0.6) is 0 Å². The molecular weight excluding hydrogens is 260 g/mol. The molecule has 0 atom stereocenters. The molecule has 21 heavy (non-hydrogen) atoms. The van der Waals surface area contributed by atoms with Gasteiger partial charge >= 0.3 is 0 Å². The van der Waals surface area contributed by atoms with Gasteiger partial charge < -0.3 is 5.32 Å². The van der Waals surface area contributed by atoms with E-state index in [-0.39, 0.29) is 0 Å². The third-order valence-corrected chi connectivity index (χ3v) is 3.56. The fourth-order valence-corrected chi connectivity index (χ4v) is 2.45. The molecule has 2 heterocycles. The summed E-state index contributed by atoms with van der Waals surface area (Å²) in [6.07, 6.45) is 6.54. The van der Waals surface area contributed by atoms with Gasteiger partial charge in [0.2, 0.25) is 0 Å². The van der Waals surface area contributed by atoms with Gasteiger partial charge in [0.1, 0.15) is 5.82 Å². The molecule has 2 rings (SSSR count). The van der Waals surface area contributed by atoms with Crippen LogP contribution in [-0.4, -0.2) is 28.0 Å². The lowest BCUT2D eigenvalue weighted by Gasteiger charge is -2.11. The number of aryl methyl sites for hydroxylation is 2. The molecule has 0 aliphatic carbocycles. The van der Waals surface area contributed by atoms with Gasteiger partial charge in [-0.15, -0.1) is 0 Å². The number of nitrogens with zero attached hydrogens (tertiary/aromatic N) is 3. The van der Waals surface area contributed by atoms with Gasteiger partial charge in [-0.25, -0.2) is 9.97 Å². The Labute approximate surface area is 127 Å². The Hall–Kier alpha value is -1.81. The van der Waals surface area contributed by atoms with E-state index in [2.05, 4.69) is 41.0 Å². The maximum atomic E-state index is 4.67. The van der Waals surface area contributed by atoms with E-state index in [4.69, 9.17) is 0 Å². The van der Waals surface area contributed by atoms with Crippen molar-refractivity contribution in [2.24, 2.45) is 0 Å². The van der Waals surface area contributed by atoms with Gasteiger partial charge in [-0.3, -0.25) is 4.98 Å². The zero-order chi connectivity index (χ0) is 15.1. The molecule has 0 aromatic carbocycles. The van der Waals surface area contributed by atoms with Crippen molar-refractivity contribution in [1.82, 2.24) is 20.3 Å². The molecule has 2 aromatic rings. The number of hydrogen-bond acceptors (Lipinski definition) is 4. The highest BCUT2D eigenvalue weighted by Gasteiger charge is 2.08. The van der Waals surface area contributed by atoms with Crippen molar-refractivity contribution in [2.45, 2.75) is 40.0 Å². The third kappa shape index (κ3) is 4.60. The molecule has 0 amide bonds. The summed E-state index contributed by atoms with van der Waals surface area (Å²) in [6, 6.07) is 4.02. The summed E-state index contributed by atoms with van der Waals surface area (Å²) >= 11 is 0. The van der Waals surface area contributed by atoms with Gasteiger partial charge in [0, 0.05) is 30.2 Å². The molecule has 2 aromatic heterocycles. The molecule has 0 radical (unpaired) electrons. The van der Waals surface area contributed by atoms with Crippen molar-refractivity contribution in [1.29, 1.82) is 0 Å². The molecule has 0 aliphatic heterocycles. The molecule has 0 unspecified atom stereocenters. The average Bonchev–Trinajstić information content (AvgIpc) is 2.47. The van der Waals surface area contributed by atoms with E-state index in [9.17, 15) is 0 Å². The van der Waals surface area contributed by atoms with Crippen LogP contribution in [0.1, 0.15) is 41.7 Å². The first-order chi connectivity index (χ1) is 10.2. The Kier molecular flexibility index (Phi) is 5.81. The zero-order valence-corrected chi connectivity index (χ0v) is 13.2. The van der Waals surface area contributed by atoms with Crippen LogP contribution in [0.4, 0.5) is 0 Å². The van der Waals surface area contributed by atoms with E-state index in [0.29, 0.717) is 0 Å². The molecule has 0 bridgehead atoms. The van der Waals surface area contributed by atoms with Crippen LogP contribution >= 0.6 is 0 Å². The summed E-state index contributed by atoms with van der Waals surface area (Å²) in [5, 5.41) is 3.43. The van der Waals surface area contributed by atoms with Crippen molar-refractivity contribution in [3.05, 3.63) is 52.9 Å². The van der Waals surface area contributed by atoms with E-state index in [0.717, 1.165) is 43.1 Å². The summed E-state index contributed by atoms with van der Waals surface area (Å²) in [7, 11) is 0. The Morgan fingerprint density at radius 2 is 1.67 bits per heavy atom. The average molecular weight is 284 g/mol. The van der Waals surface area contributed by atoms with Gasteiger partial charge in [0.15, 0.2) is 0 Å². The minimum Gasteiger partial charge on any atom is -0.316 e. The minimum absolute atomic E-state index is 0.762. The lowest BCUT2D eigenvalue weighted by molar-refractivity contribution is 0.665. The smallest absolute Gasteiger partial charge is 0.133 e. The van der Waals surface area contributed by atoms with Gasteiger partial charge in [-0.1, -0.05) is 6.92 Å². The molecule has 0 fully saturated rings. The minimum atomic E-state index is 0.762. The van der Waals surface area contributed by atoms with Crippen LogP contribution in [0.2, 0.25) is 0 Å². The van der Waals surface area contributed by atoms with Crippen LogP contribution in [0.3, 0.4) is 0 Å². The van der Waals surface area contributed by atoms with E-state index in [1.807, 2.05) is 24.5 Å². The highest BCUT2D eigenvalue weighted by molar-refractivity contribution is 5.26. The van der Waals surface area contributed by atoms with Crippen LogP contribution in [0.25, 0.3) is 0 Å². The normalized spacial score (nSPS) is 10.8. The zero-order valence-electron chi connectivity index (χ0n) is 13.2. The fraction of sp³-hybridized carbons (Fsp3) is 0.471. The quantitative estimate of drug-likeness (QED) is 0.794. The van der Waals surface area contributed by atoms with Crippen molar-refractivity contribution in [3.63, 3.8) is 0 Å². The number of nitrogens with one attached hydrogen (secondary N) is 1. The van der Waals surface area contributed by atoms with Crippen LogP contribution in [-0.2, 0) is 12.8 Å². The van der Waals surface area contributed by atoms with Gasteiger partial charge in [-0.2, -0.15) is 0 Å². The maximum Gasteiger partial charge on any atom is 0.133 e. The van der Waals surface area contributed by atoms with Crippen LogP contribution < -0.4 is 5.32 Å². The highest BCUT2D eigenvalue weighted by Crippen LogP contribution is 2.13. The predicted octanol–water partition coefficient (Wildman–Crippen LogP) is 2.62. The van der Waals surface area contributed by atoms with Gasteiger partial charge in [-0.05, 0) is 63.0 Å². The van der Waals surface area contributed by atoms with Crippen molar-refractivity contribution < 1.29 is 0 Å². The van der Waals surface area contributed by atoms with Crippen molar-refractivity contribution in [3.8, 4) is 0 Å². The van der Waals surface area contributed by atoms with E-state index in [1.54, 1.807) is 0 Å². The number of hydrogen-bond donors (Lipinski definition) is 1. The van der Waals surface area contributed by atoms with E-state index >= 15 is 0 Å². The fourth-order valence-electron chi connectivity index (χ4n) is 2.45. The largest absolute Gasteiger partial charge is 0.316 e. The summed E-state index contributed by atoms with van der Waals surface area (Å²) in [5.41, 5.74) is 4.67. The molecule has 4 heteroatoms. The Balaban J connectivity index is 2.06. The molecule has 0 spiro atoms. The van der Waals surface area contributed by atoms with Gasteiger partial charge in [0.05, 0.1) is 0 Å². The van der Waals surface area contributed by atoms with Crippen molar-refractivity contribution >= 4 is 0 Å². The summed E-state index contributed by atoms with van der Waals surface area (Å²) in [6.45, 7) is 8.40. The first kappa shape index (κ1) is 15.6. The molecule has 112 valence electrons. The van der Waals surface area contributed by atoms with Gasteiger partial charge in [0.25, 0.3) is 0 Å². The molecule has 4 nitrogen and oxygen atoms in total. The number of pyridine rings is 1. The number of rotatable bonds is 7. The maximum absolute atomic E-state index is 4.67. The van der Waals surface area contributed by atoms with E-state index < -0.39 is 0 Å². The Morgan fingerprint density at radius 1 is 1.00 bits per heavy atom. The molecular formula is C17H24N4. The summed E-state index contributed by atoms with van der Waals surface area (Å²) < 4.78 is 0. The first-order valence-corrected chi connectivity index (χ1v) is 7.63.